The van der Waals surface area contributed by atoms with Crippen molar-refractivity contribution >= 4 is 5.91 Å². The molecule has 0 bridgehead atoms. The molecule has 0 radical (unpaired) electrons. The number of halogens is 1. The van der Waals surface area contributed by atoms with Gasteiger partial charge in [0.1, 0.15) is 11.6 Å². The lowest BCUT2D eigenvalue weighted by Gasteiger charge is -2.21. The van der Waals surface area contributed by atoms with E-state index in [1.54, 1.807) is 0 Å². The summed E-state index contributed by atoms with van der Waals surface area (Å²) in [6, 6.07) is 3.91. The number of aliphatic hydroxyl groups is 2. The van der Waals surface area contributed by atoms with Crippen LogP contribution < -0.4 is 4.74 Å². The first-order valence-electron chi connectivity index (χ1n) is 5.48. The maximum Gasteiger partial charge on any atom is 0.256 e. The molecule has 0 aliphatic rings. The average molecular weight is 257 g/mol. The Kier molecular flexibility index (Phi) is 5.54. The second-order valence-corrected chi connectivity index (χ2v) is 3.59. The first kappa shape index (κ1) is 14.4. The largest absolute Gasteiger partial charge is 0.497 e. The smallest absolute Gasteiger partial charge is 0.256 e. The predicted octanol–water partition coefficient (Wildman–Crippen LogP) is 0.261. The Morgan fingerprint density at radius 1 is 1.33 bits per heavy atom. The molecule has 100 valence electrons. The number of methoxy groups -OCH3 is 1. The maximum atomic E-state index is 13.7. The van der Waals surface area contributed by atoms with Crippen molar-refractivity contribution in [1.29, 1.82) is 0 Å². The zero-order valence-corrected chi connectivity index (χ0v) is 10.1. The number of nitrogens with zero attached hydrogens (tertiary/aromatic N) is 1. The van der Waals surface area contributed by atoms with Gasteiger partial charge in [0.25, 0.3) is 5.91 Å². The van der Waals surface area contributed by atoms with Gasteiger partial charge in [0.15, 0.2) is 0 Å². The van der Waals surface area contributed by atoms with Gasteiger partial charge in [-0.15, -0.1) is 0 Å². The molecule has 1 aromatic carbocycles. The summed E-state index contributed by atoms with van der Waals surface area (Å²) in [6.45, 7) is -0.400. The van der Waals surface area contributed by atoms with Gasteiger partial charge in [-0.1, -0.05) is 0 Å². The second kappa shape index (κ2) is 6.93. The zero-order chi connectivity index (χ0) is 13.5. The molecule has 1 aromatic rings. The van der Waals surface area contributed by atoms with Gasteiger partial charge < -0.3 is 19.8 Å². The summed E-state index contributed by atoms with van der Waals surface area (Å²) in [5, 5.41) is 17.6. The van der Waals surface area contributed by atoms with Gasteiger partial charge in [-0.25, -0.2) is 4.39 Å². The standard InChI is InChI=1S/C12H16FNO4/c1-18-9-2-3-10(11(13)8-9)12(17)14(4-6-15)5-7-16/h2-3,8,15-16H,4-7H2,1H3. The van der Waals surface area contributed by atoms with E-state index in [9.17, 15) is 9.18 Å². The SMILES string of the molecule is COc1ccc(C(=O)N(CCO)CCO)c(F)c1. The Hall–Kier alpha value is -1.66. The van der Waals surface area contributed by atoms with Crippen molar-refractivity contribution in [2.45, 2.75) is 0 Å². The molecule has 18 heavy (non-hydrogen) atoms. The molecule has 6 heteroatoms. The van der Waals surface area contributed by atoms with Crippen LogP contribution in [0.4, 0.5) is 4.39 Å². The van der Waals surface area contributed by atoms with E-state index >= 15 is 0 Å². The van der Waals surface area contributed by atoms with Crippen LogP contribution in [0.15, 0.2) is 18.2 Å². The summed E-state index contributed by atoms with van der Waals surface area (Å²) >= 11 is 0. The Morgan fingerprint density at radius 2 is 1.94 bits per heavy atom. The number of hydrogen-bond acceptors (Lipinski definition) is 4. The molecule has 0 aliphatic carbocycles. The van der Waals surface area contributed by atoms with Crippen LogP contribution in [-0.4, -0.2) is 54.4 Å². The van der Waals surface area contributed by atoms with E-state index in [1.807, 2.05) is 0 Å². The van der Waals surface area contributed by atoms with Crippen LogP contribution >= 0.6 is 0 Å². The highest BCUT2D eigenvalue weighted by Crippen LogP contribution is 2.17. The summed E-state index contributed by atoms with van der Waals surface area (Å²) in [5.41, 5.74) is -0.113. The van der Waals surface area contributed by atoms with E-state index < -0.39 is 11.7 Å². The highest BCUT2D eigenvalue weighted by Gasteiger charge is 2.18. The fraction of sp³-hybridized carbons (Fsp3) is 0.417. The van der Waals surface area contributed by atoms with Gasteiger partial charge in [-0.05, 0) is 12.1 Å². The minimum Gasteiger partial charge on any atom is -0.497 e. The lowest BCUT2D eigenvalue weighted by Crippen LogP contribution is -2.36. The van der Waals surface area contributed by atoms with Gasteiger partial charge >= 0.3 is 0 Å². The highest BCUT2D eigenvalue weighted by atomic mass is 19.1. The number of amides is 1. The Bertz CT molecular complexity index is 405. The molecule has 0 unspecified atom stereocenters. The monoisotopic (exact) mass is 257 g/mol. The molecule has 1 rings (SSSR count). The van der Waals surface area contributed by atoms with E-state index in [0.717, 1.165) is 6.07 Å². The molecular formula is C12H16FNO4. The van der Waals surface area contributed by atoms with Crippen molar-refractivity contribution in [1.82, 2.24) is 4.90 Å². The van der Waals surface area contributed by atoms with Crippen LogP contribution in [0.3, 0.4) is 0 Å². The first-order chi connectivity index (χ1) is 8.63. The van der Waals surface area contributed by atoms with Crippen molar-refractivity contribution < 1.29 is 24.1 Å². The summed E-state index contributed by atoms with van der Waals surface area (Å²) in [6.07, 6.45) is 0. The van der Waals surface area contributed by atoms with Crippen molar-refractivity contribution in [2.75, 3.05) is 33.4 Å². The van der Waals surface area contributed by atoms with E-state index in [0.29, 0.717) is 5.75 Å². The predicted molar refractivity (Wildman–Crippen MR) is 63.0 cm³/mol. The minimum absolute atomic E-state index is 0.0465. The first-order valence-corrected chi connectivity index (χ1v) is 5.48. The Balaban J connectivity index is 2.93. The lowest BCUT2D eigenvalue weighted by atomic mass is 10.1. The molecule has 1 amide bonds. The molecule has 0 aliphatic heterocycles. The molecule has 0 atom stereocenters. The number of rotatable bonds is 6. The number of hydrogen-bond donors (Lipinski definition) is 2. The molecule has 0 fully saturated rings. The molecule has 5 nitrogen and oxygen atoms in total. The molecule has 0 saturated carbocycles. The van der Waals surface area contributed by atoms with E-state index in [2.05, 4.69) is 0 Å². The van der Waals surface area contributed by atoms with Crippen LogP contribution in [0.1, 0.15) is 10.4 Å². The zero-order valence-electron chi connectivity index (χ0n) is 10.1. The summed E-state index contributed by atoms with van der Waals surface area (Å²) in [5.74, 6) is -0.946. The van der Waals surface area contributed by atoms with Crippen molar-refractivity contribution in [3.05, 3.63) is 29.6 Å². The van der Waals surface area contributed by atoms with Crippen LogP contribution in [0.2, 0.25) is 0 Å². The Morgan fingerprint density at radius 3 is 2.39 bits per heavy atom. The lowest BCUT2D eigenvalue weighted by molar-refractivity contribution is 0.0680. The van der Waals surface area contributed by atoms with Crippen LogP contribution in [0, 0.1) is 5.82 Å². The molecular weight excluding hydrogens is 241 g/mol. The van der Waals surface area contributed by atoms with Gasteiger partial charge in [0.2, 0.25) is 0 Å². The van der Waals surface area contributed by atoms with Crippen LogP contribution in [0.25, 0.3) is 0 Å². The highest BCUT2D eigenvalue weighted by molar-refractivity contribution is 5.94. The second-order valence-electron chi connectivity index (χ2n) is 3.59. The number of benzene rings is 1. The fourth-order valence-electron chi connectivity index (χ4n) is 1.52. The van der Waals surface area contributed by atoms with Gasteiger partial charge in [0, 0.05) is 19.2 Å². The Labute approximate surface area is 104 Å². The van der Waals surface area contributed by atoms with E-state index in [-0.39, 0.29) is 31.9 Å². The average Bonchev–Trinajstić information content (AvgIpc) is 2.37. The van der Waals surface area contributed by atoms with Gasteiger partial charge in [-0.3, -0.25) is 4.79 Å². The normalized spacial score (nSPS) is 10.2. The third-order valence-electron chi connectivity index (χ3n) is 2.43. The quantitative estimate of drug-likeness (QED) is 0.767. The summed E-state index contributed by atoms with van der Waals surface area (Å²) in [7, 11) is 1.40. The third-order valence-corrected chi connectivity index (χ3v) is 2.43. The number of aliphatic hydroxyl groups excluding tert-OH is 2. The van der Waals surface area contributed by atoms with Gasteiger partial charge in [0.05, 0.1) is 25.9 Å². The number of carbonyl (C=O) groups is 1. The minimum atomic E-state index is -0.694. The van der Waals surface area contributed by atoms with Crippen LogP contribution in [0.5, 0.6) is 5.75 Å². The fourth-order valence-corrected chi connectivity index (χ4v) is 1.52. The van der Waals surface area contributed by atoms with E-state index in [4.69, 9.17) is 14.9 Å². The molecule has 0 aromatic heterocycles. The molecule has 0 heterocycles. The van der Waals surface area contributed by atoms with Crippen molar-refractivity contribution in [3.8, 4) is 5.75 Å². The van der Waals surface area contributed by atoms with Gasteiger partial charge in [-0.2, -0.15) is 0 Å². The van der Waals surface area contributed by atoms with Crippen molar-refractivity contribution in [3.63, 3.8) is 0 Å². The topological polar surface area (TPSA) is 70.0 Å². The molecule has 0 saturated heterocycles. The number of ether oxygens (including phenoxy) is 1. The maximum absolute atomic E-state index is 13.7. The third kappa shape index (κ3) is 3.41. The van der Waals surface area contributed by atoms with Crippen LogP contribution in [-0.2, 0) is 0 Å². The van der Waals surface area contributed by atoms with Crippen molar-refractivity contribution in [2.24, 2.45) is 0 Å². The number of carbonyl (C=O) groups excluding carboxylic acids is 1. The van der Waals surface area contributed by atoms with E-state index in [1.165, 1.54) is 24.1 Å². The molecule has 2 N–H and O–H groups in total. The molecule has 0 spiro atoms. The summed E-state index contributed by atoms with van der Waals surface area (Å²) in [4.78, 5) is 13.2. The summed E-state index contributed by atoms with van der Waals surface area (Å²) < 4.78 is 18.5.